The van der Waals surface area contributed by atoms with Crippen LogP contribution < -0.4 is 0 Å². The van der Waals surface area contributed by atoms with Crippen LogP contribution in [0.1, 0.15) is 22.8 Å². The predicted molar refractivity (Wildman–Crippen MR) is 71.0 cm³/mol. The molecule has 0 fully saturated rings. The Hall–Kier alpha value is -0.920. The standard InChI is InChI=1S/C11H14BrNO4S/c1-4-13(12)18(15,16)9-6-5-8(2)10(7-9)11(14)17-3/h5-7H,4H2,1-3H3. The lowest BCUT2D eigenvalue weighted by Crippen LogP contribution is -2.21. The molecule has 0 saturated heterocycles. The lowest BCUT2D eigenvalue weighted by molar-refractivity contribution is 0.0599. The number of carbonyl (C=O) groups is 1. The van der Waals surface area contributed by atoms with E-state index in [4.69, 9.17) is 0 Å². The summed E-state index contributed by atoms with van der Waals surface area (Å²) in [5, 5.41) is 0. The molecule has 100 valence electrons. The molecule has 0 aliphatic carbocycles. The zero-order chi connectivity index (χ0) is 13.9. The second kappa shape index (κ2) is 5.81. The van der Waals surface area contributed by atoms with Gasteiger partial charge in [-0.15, -0.1) is 3.33 Å². The van der Waals surface area contributed by atoms with E-state index < -0.39 is 16.0 Å². The minimum absolute atomic E-state index is 0.0484. The van der Waals surface area contributed by atoms with Crippen molar-refractivity contribution < 1.29 is 17.9 Å². The van der Waals surface area contributed by atoms with Gasteiger partial charge in [-0.3, -0.25) is 0 Å². The van der Waals surface area contributed by atoms with E-state index in [0.717, 1.165) is 3.33 Å². The smallest absolute Gasteiger partial charge is 0.338 e. The zero-order valence-corrected chi connectivity index (χ0v) is 12.7. The Labute approximate surface area is 115 Å². The number of rotatable bonds is 4. The summed E-state index contributed by atoms with van der Waals surface area (Å²) in [5.41, 5.74) is 0.911. The molecule has 0 saturated carbocycles. The second-order valence-corrected chi connectivity index (χ2v) is 6.77. The molecule has 0 unspecified atom stereocenters. The largest absolute Gasteiger partial charge is 0.465 e. The highest BCUT2D eigenvalue weighted by atomic mass is 79.9. The Balaban J connectivity index is 3.33. The Morgan fingerprint density at radius 3 is 2.56 bits per heavy atom. The number of halogens is 1. The molecule has 1 aromatic rings. The average molecular weight is 336 g/mol. The van der Waals surface area contributed by atoms with Gasteiger partial charge in [0.15, 0.2) is 0 Å². The van der Waals surface area contributed by atoms with Gasteiger partial charge in [-0.25, -0.2) is 13.2 Å². The second-order valence-electron chi connectivity index (χ2n) is 3.58. The fourth-order valence-electron chi connectivity index (χ4n) is 1.38. The van der Waals surface area contributed by atoms with Gasteiger partial charge in [0.1, 0.15) is 0 Å². The number of methoxy groups -OCH3 is 1. The number of sulfonamides is 1. The normalized spacial score (nSPS) is 11.6. The van der Waals surface area contributed by atoms with Crippen molar-refractivity contribution in [1.29, 1.82) is 0 Å². The SMILES string of the molecule is CCN(Br)S(=O)(=O)c1ccc(C)c(C(=O)OC)c1. The van der Waals surface area contributed by atoms with Crippen molar-refractivity contribution in [3.8, 4) is 0 Å². The maximum absolute atomic E-state index is 12.1. The van der Waals surface area contributed by atoms with Crippen molar-refractivity contribution >= 4 is 32.1 Å². The molecular weight excluding hydrogens is 322 g/mol. The molecule has 0 bridgehead atoms. The number of esters is 1. The van der Waals surface area contributed by atoms with Crippen LogP contribution >= 0.6 is 16.1 Å². The van der Waals surface area contributed by atoms with Crippen molar-refractivity contribution in [1.82, 2.24) is 3.33 Å². The molecule has 0 aliphatic rings. The molecule has 0 radical (unpaired) electrons. The highest BCUT2D eigenvalue weighted by Crippen LogP contribution is 2.22. The summed E-state index contributed by atoms with van der Waals surface area (Å²) in [6, 6.07) is 4.36. The molecule has 5 nitrogen and oxygen atoms in total. The van der Waals surface area contributed by atoms with Crippen LogP contribution in [0.3, 0.4) is 0 Å². The summed E-state index contributed by atoms with van der Waals surface area (Å²) < 4.78 is 29.8. The first-order valence-electron chi connectivity index (χ1n) is 5.22. The quantitative estimate of drug-likeness (QED) is 0.624. The maximum Gasteiger partial charge on any atom is 0.338 e. The third kappa shape index (κ3) is 2.90. The number of benzene rings is 1. The summed E-state index contributed by atoms with van der Waals surface area (Å²) in [4.78, 5) is 11.6. The van der Waals surface area contributed by atoms with Gasteiger partial charge in [0.25, 0.3) is 10.0 Å². The van der Waals surface area contributed by atoms with Gasteiger partial charge < -0.3 is 4.74 Å². The lowest BCUT2D eigenvalue weighted by Gasteiger charge is -2.13. The van der Waals surface area contributed by atoms with E-state index >= 15 is 0 Å². The van der Waals surface area contributed by atoms with Gasteiger partial charge >= 0.3 is 5.97 Å². The van der Waals surface area contributed by atoms with Gasteiger partial charge in [-0.2, -0.15) is 0 Å². The van der Waals surface area contributed by atoms with E-state index in [0.29, 0.717) is 5.56 Å². The molecule has 0 amide bonds. The average Bonchev–Trinajstić information content (AvgIpc) is 2.36. The monoisotopic (exact) mass is 335 g/mol. The number of hydrogen-bond acceptors (Lipinski definition) is 4. The predicted octanol–water partition coefficient (Wildman–Crippen LogP) is 2.10. The summed E-state index contributed by atoms with van der Waals surface area (Å²) in [6.07, 6.45) is 0. The Kier molecular flexibility index (Phi) is 4.89. The first kappa shape index (κ1) is 15.1. The molecule has 0 N–H and O–H groups in total. The third-order valence-electron chi connectivity index (χ3n) is 2.42. The molecule has 7 heteroatoms. The van der Waals surface area contributed by atoms with Crippen molar-refractivity contribution in [3.05, 3.63) is 29.3 Å². The zero-order valence-electron chi connectivity index (χ0n) is 10.3. The van der Waals surface area contributed by atoms with Gasteiger partial charge in [0.05, 0.1) is 17.6 Å². The van der Waals surface area contributed by atoms with Crippen molar-refractivity contribution in [2.45, 2.75) is 18.7 Å². The topological polar surface area (TPSA) is 63.7 Å². The summed E-state index contributed by atoms with van der Waals surface area (Å²) in [7, 11) is -2.37. The van der Waals surface area contributed by atoms with Crippen LogP contribution in [0.25, 0.3) is 0 Å². The van der Waals surface area contributed by atoms with Crippen LogP contribution in [0.4, 0.5) is 0 Å². The number of ether oxygens (including phenoxy) is 1. The number of carbonyl (C=O) groups excluding carboxylic acids is 1. The molecule has 0 heterocycles. The minimum atomic E-state index is -3.63. The van der Waals surface area contributed by atoms with E-state index in [1.165, 1.54) is 19.2 Å². The fraction of sp³-hybridized carbons (Fsp3) is 0.364. The van der Waals surface area contributed by atoms with Crippen LogP contribution in [0.2, 0.25) is 0 Å². The molecule has 0 atom stereocenters. The number of nitrogens with zero attached hydrogens (tertiary/aromatic N) is 1. The molecule has 0 aliphatic heterocycles. The first-order valence-corrected chi connectivity index (χ1v) is 7.37. The van der Waals surface area contributed by atoms with Crippen LogP contribution in [-0.2, 0) is 14.8 Å². The minimum Gasteiger partial charge on any atom is -0.465 e. The Morgan fingerprint density at radius 2 is 2.06 bits per heavy atom. The van der Waals surface area contributed by atoms with Crippen molar-refractivity contribution in [2.75, 3.05) is 13.7 Å². The van der Waals surface area contributed by atoms with E-state index in [-0.39, 0.29) is 17.0 Å². The summed E-state index contributed by atoms with van der Waals surface area (Å²) >= 11 is 2.96. The van der Waals surface area contributed by atoms with Gasteiger partial charge in [-0.05, 0) is 24.6 Å². The van der Waals surface area contributed by atoms with E-state index in [2.05, 4.69) is 20.9 Å². The van der Waals surface area contributed by atoms with Crippen LogP contribution in [-0.4, -0.2) is 31.4 Å². The van der Waals surface area contributed by atoms with Gasteiger partial charge in [0.2, 0.25) is 0 Å². The molecule has 0 spiro atoms. The van der Waals surface area contributed by atoms with Crippen LogP contribution in [0.5, 0.6) is 0 Å². The molecular formula is C11H14BrNO4S. The molecule has 1 rings (SSSR count). The van der Waals surface area contributed by atoms with Crippen molar-refractivity contribution in [2.24, 2.45) is 0 Å². The number of aryl methyl sites for hydroxylation is 1. The van der Waals surface area contributed by atoms with Crippen LogP contribution in [0, 0.1) is 6.92 Å². The summed E-state index contributed by atoms with van der Waals surface area (Å²) in [5.74, 6) is -0.554. The Morgan fingerprint density at radius 1 is 1.44 bits per heavy atom. The summed E-state index contributed by atoms with van der Waals surface area (Å²) in [6.45, 7) is 3.69. The van der Waals surface area contributed by atoms with Crippen LogP contribution in [0.15, 0.2) is 23.1 Å². The van der Waals surface area contributed by atoms with E-state index in [1.807, 2.05) is 0 Å². The molecule has 1 aromatic carbocycles. The first-order chi connectivity index (χ1) is 8.34. The Bertz CT molecular complexity index is 556. The van der Waals surface area contributed by atoms with Gasteiger partial charge in [-0.1, -0.05) is 13.0 Å². The maximum atomic E-state index is 12.1. The van der Waals surface area contributed by atoms with Crippen molar-refractivity contribution in [3.63, 3.8) is 0 Å². The highest BCUT2D eigenvalue weighted by molar-refractivity contribution is 9.08. The fourth-order valence-corrected chi connectivity index (χ4v) is 2.95. The van der Waals surface area contributed by atoms with Gasteiger partial charge in [0, 0.05) is 22.7 Å². The lowest BCUT2D eigenvalue weighted by atomic mass is 10.1. The highest BCUT2D eigenvalue weighted by Gasteiger charge is 2.23. The third-order valence-corrected chi connectivity index (χ3v) is 5.70. The number of hydrogen-bond donors (Lipinski definition) is 0. The van der Waals surface area contributed by atoms with E-state index in [9.17, 15) is 13.2 Å². The molecule has 18 heavy (non-hydrogen) atoms. The molecule has 0 aromatic heterocycles. The van der Waals surface area contributed by atoms with E-state index in [1.54, 1.807) is 19.9 Å².